The zero-order chi connectivity index (χ0) is 14.9. The molecule has 2 nitrogen and oxygen atoms in total. The van der Waals surface area contributed by atoms with Crippen molar-refractivity contribution in [1.82, 2.24) is 4.57 Å². The molecule has 2 N–H and O–H groups in total. The summed E-state index contributed by atoms with van der Waals surface area (Å²) in [7, 11) is 0. The first-order valence-electron chi connectivity index (χ1n) is 8.04. The molecule has 0 radical (unpaired) electrons. The molecule has 4 rings (SSSR count). The molecule has 0 aliphatic carbocycles. The Morgan fingerprint density at radius 1 is 1.00 bits per heavy atom. The number of aryl methyl sites for hydroxylation is 1. The molecular formula is C20H21N2+. The molecule has 1 aliphatic rings. The van der Waals surface area contributed by atoms with E-state index in [9.17, 15) is 0 Å². The molecule has 3 aromatic rings. The minimum absolute atomic E-state index is 0.355. The van der Waals surface area contributed by atoms with Crippen LogP contribution in [0.5, 0.6) is 0 Å². The van der Waals surface area contributed by atoms with Crippen molar-refractivity contribution in [1.29, 1.82) is 0 Å². The molecule has 0 amide bonds. The molecule has 1 aromatic heterocycles. The molecule has 1 atom stereocenters. The second-order valence-electron chi connectivity index (χ2n) is 5.94. The molecule has 110 valence electrons. The van der Waals surface area contributed by atoms with E-state index < -0.39 is 0 Å². The number of fused-ring (bicyclic) bond motifs is 3. The van der Waals surface area contributed by atoms with Crippen molar-refractivity contribution in [2.24, 2.45) is 0 Å². The summed E-state index contributed by atoms with van der Waals surface area (Å²) in [6.07, 6.45) is 3.28. The SMILES string of the molecule is CCc1ccc(C2[NH2+]Cc3ccccc3-n3cccc32)cc1. The Labute approximate surface area is 131 Å². The topological polar surface area (TPSA) is 21.5 Å². The zero-order valence-electron chi connectivity index (χ0n) is 12.9. The first kappa shape index (κ1) is 13.4. The first-order valence-corrected chi connectivity index (χ1v) is 8.04. The number of quaternary nitrogens is 1. The quantitative estimate of drug-likeness (QED) is 0.748. The molecule has 1 unspecified atom stereocenters. The summed E-state index contributed by atoms with van der Waals surface area (Å²) >= 11 is 0. The summed E-state index contributed by atoms with van der Waals surface area (Å²) < 4.78 is 2.34. The molecular weight excluding hydrogens is 268 g/mol. The van der Waals surface area contributed by atoms with Gasteiger partial charge >= 0.3 is 0 Å². The van der Waals surface area contributed by atoms with E-state index in [1.54, 1.807) is 0 Å². The van der Waals surface area contributed by atoms with E-state index in [-0.39, 0.29) is 0 Å². The summed E-state index contributed by atoms with van der Waals surface area (Å²) in [5, 5.41) is 2.44. The number of nitrogens with two attached hydrogens (primary N) is 1. The number of para-hydroxylation sites is 1. The van der Waals surface area contributed by atoms with E-state index in [0.717, 1.165) is 13.0 Å². The molecule has 2 heteroatoms. The van der Waals surface area contributed by atoms with Gasteiger partial charge in [-0.3, -0.25) is 0 Å². The van der Waals surface area contributed by atoms with E-state index in [4.69, 9.17) is 0 Å². The van der Waals surface area contributed by atoms with Crippen LogP contribution in [0, 0.1) is 0 Å². The maximum absolute atomic E-state index is 2.44. The molecule has 0 spiro atoms. The van der Waals surface area contributed by atoms with Gasteiger partial charge in [0.1, 0.15) is 6.54 Å². The Morgan fingerprint density at radius 2 is 1.82 bits per heavy atom. The number of benzene rings is 2. The van der Waals surface area contributed by atoms with Crippen LogP contribution < -0.4 is 5.32 Å². The minimum Gasteiger partial charge on any atom is -0.331 e. The van der Waals surface area contributed by atoms with Gasteiger partial charge in [-0.05, 0) is 30.2 Å². The van der Waals surface area contributed by atoms with Gasteiger partial charge in [-0.15, -0.1) is 0 Å². The normalized spacial score (nSPS) is 16.7. The third kappa shape index (κ3) is 2.16. The molecule has 0 saturated heterocycles. The van der Waals surface area contributed by atoms with Crippen LogP contribution in [-0.2, 0) is 13.0 Å². The predicted octanol–water partition coefficient (Wildman–Crippen LogP) is 3.21. The van der Waals surface area contributed by atoms with Gasteiger partial charge in [-0.25, -0.2) is 0 Å². The highest BCUT2D eigenvalue weighted by molar-refractivity contribution is 5.45. The minimum atomic E-state index is 0.355. The molecule has 0 bridgehead atoms. The largest absolute Gasteiger partial charge is 0.331 e. The van der Waals surface area contributed by atoms with Crippen LogP contribution in [0.1, 0.15) is 35.3 Å². The second kappa shape index (κ2) is 5.47. The lowest BCUT2D eigenvalue weighted by atomic mass is 10.0. The average molecular weight is 289 g/mol. The van der Waals surface area contributed by atoms with Gasteiger partial charge in [0.2, 0.25) is 0 Å². The average Bonchev–Trinajstić information content (AvgIpc) is 3.00. The van der Waals surface area contributed by atoms with Gasteiger partial charge in [-0.2, -0.15) is 0 Å². The Kier molecular flexibility index (Phi) is 3.32. The highest BCUT2D eigenvalue weighted by Crippen LogP contribution is 2.26. The van der Waals surface area contributed by atoms with E-state index >= 15 is 0 Å². The van der Waals surface area contributed by atoms with Crippen molar-refractivity contribution in [2.45, 2.75) is 25.9 Å². The number of hydrogen-bond donors (Lipinski definition) is 1. The molecule has 1 aliphatic heterocycles. The number of hydrogen-bond acceptors (Lipinski definition) is 0. The van der Waals surface area contributed by atoms with Crippen molar-refractivity contribution < 1.29 is 5.32 Å². The highest BCUT2D eigenvalue weighted by atomic mass is 15.1. The van der Waals surface area contributed by atoms with E-state index in [0.29, 0.717) is 6.04 Å². The highest BCUT2D eigenvalue weighted by Gasteiger charge is 2.25. The number of rotatable bonds is 2. The number of aromatic nitrogens is 1. The van der Waals surface area contributed by atoms with Crippen LogP contribution in [0.4, 0.5) is 0 Å². The van der Waals surface area contributed by atoms with E-state index in [1.165, 1.54) is 28.1 Å². The molecule has 22 heavy (non-hydrogen) atoms. The van der Waals surface area contributed by atoms with Crippen LogP contribution in [0.2, 0.25) is 0 Å². The summed E-state index contributed by atoms with van der Waals surface area (Å²) in [6.45, 7) is 3.21. The van der Waals surface area contributed by atoms with Gasteiger partial charge < -0.3 is 9.88 Å². The van der Waals surface area contributed by atoms with Crippen molar-refractivity contribution in [3.63, 3.8) is 0 Å². The monoisotopic (exact) mass is 289 g/mol. The Bertz CT molecular complexity index is 783. The number of nitrogens with zero attached hydrogens (tertiary/aromatic N) is 1. The fourth-order valence-corrected chi connectivity index (χ4v) is 3.42. The van der Waals surface area contributed by atoms with Crippen molar-refractivity contribution in [2.75, 3.05) is 0 Å². The standard InChI is InChI=1S/C20H20N2/c1-2-15-9-11-16(12-10-15)20-19-8-5-13-22(19)18-7-4-3-6-17(18)14-21-20/h3-13,20-21H,2,14H2,1H3/p+1. The summed E-state index contributed by atoms with van der Waals surface area (Å²) in [4.78, 5) is 0. The molecule has 2 heterocycles. The van der Waals surface area contributed by atoms with Gasteiger partial charge in [-0.1, -0.05) is 49.4 Å². The van der Waals surface area contributed by atoms with Gasteiger partial charge in [0.25, 0.3) is 0 Å². The predicted molar refractivity (Wildman–Crippen MR) is 89.1 cm³/mol. The maximum Gasteiger partial charge on any atom is 0.153 e. The third-order valence-electron chi connectivity index (χ3n) is 4.67. The van der Waals surface area contributed by atoms with E-state index in [2.05, 4.69) is 83.7 Å². The van der Waals surface area contributed by atoms with Crippen LogP contribution in [-0.4, -0.2) is 4.57 Å². The Balaban J connectivity index is 1.80. The van der Waals surface area contributed by atoms with Crippen LogP contribution in [0.15, 0.2) is 66.9 Å². The first-order chi connectivity index (χ1) is 10.9. The Hall–Kier alpha value is -2.32. The molecule has 0 saturated carbocycles. The fourth-order valence-electron chi connectivity index (χ4n) is 3.42. The fraction of sp³-hybridized carbons (Fsp3) is 0.200. The second-order valence-corrected chi connectivity index (χ2v) is 5.94. The Morgan fingerprint density at radius 3 is 2.64 bits per heavy atom. The van der Waals surface area contributed by atoms with E-state index in [1.807, 2.05) is 0 Å². The van der Waals surface area contributed by atoms with Crippen molar-refractivity contribution in [3.05, 3.63) is 89.2 Å². The summed E-state index contributed by atoms with van der Waals surface area (Å²) in [5.74, 6) is 0. The third-order valence-corrected chi connectivity index (χ3v) is 4.67. The summed E-state index contributed by atoms with van der Waals surface area (Å²) in [6, 6.07) is 22.5. The smallest absolute Gasteiger partial charge is 0.153 e. The van der Waals surface area contributed by atoms with Crippen LogP contribution in [0.25, 0.3) is 5.69 Å². The lowest BCUT2D eigenvalue weighted by molar-refractivity contribution is -0.702. The van der Waals surface area contributed by atoms with Gasteiger partial charge in [0.05, 0.1) is 11.4 Å². The zero-order valence-corrected chi connectivity index (χ0v) is 12.9. The molecule has 0 fully saturated rings. The van der Waals surface area contributed by atoms with Crippen molar-refractivity contribution in [3.8, 4) is 5.69 Å². The summed E-state index contributed by atoms with van der Waals surface area (Å²) in [5.41, 5.74) is 6.84. The lowest BCUT2D eigenvalue weighted by Crippen LogP contribution is -2.83. The van der Waals surface area contributed by atoms with Crippen LogP contribution in [0.3, 0.4) is 0 Å². The van der Waals surface area contributed by atoms with Gasteiger partial charge in [0.15, 0.2) is 6.04 Å². The van der Waals surface area contributed by atoms with Crippen molar-refractivity contribution >= 4 is 0 Å². The van der Waals surface area contributed by atoms with Crippen LogP contribution >= 0.6 is 0 Å². The maximum atomic E-state index is 2.44. The lowest BCUT2D eigenvalue weighted by Gasteiger charge is -2.15. The van der Waals surface area contributed by atoms with Gasteiger partial charge in [0, 0.05) is 17.3 Å². The molecule has 2 aromatic carbocycles.